The van der Waals surface area contributed by atoms with Crippen molar-refractivity contribution < 1.29 is 13.2 Å². The van der Waals surface area contributed by atoms with Crippen LogP contribution in [0.15, 0.2) is 30.5 Å². The summed E-state index contributed by atoms with van der Waals surface area (Å²) in [6, 6.07) is 5.23. The van der Waals surface area contributed by atoms with Crippen LogP contribution < -0.4 is 0 Å². The monoisotopic (exact) mass is 254 g/mol. The van der Waals surface area contributed by atoms with Crippen LogP contribution in [0.3, 0.4) is 0 Å². The molecule has 96 valence electrons. The predicted octanol–water partition coefficient (Wildman–Crippen LogP) is 4.05. The highest BCUT2D eigenvalue weighted by Gasteiger charge is 2.30. The molecule has 0 aliphatic carbocycles. The van der Waals surface area contributed by atoms with Gasteiger partial charge in [0, 0.05) is 12.0 Å². The predicted molar refractivity (Wildman–Crippen MR) is 63.0 cm³/mol. The van der Waals surface area contributed by atoms with Gasteiger partial charge >= 0.3 is 6.18 Å². The Balaban J connectivity index is 2.32. The Hall–Kier alpha value is -1.78. The number of H-pyrrole nitrogens is 1. The van der Waals surface area contributed by atoms with Crippen molar-refractivity contribution in [3.8, 4) is 11.3 Å². The van der Waals surface area contributed by atoms with Gasteiger partial charge in [-0.2, -0.15) is 13.2 Å². The fraction of sp³-hybridized carbons (Fsp3) is 0.308. The fourth-order valence-electron chi connectivity index (χ4n) is 1.74. The number of aromatic nitrogens is 2. The van der Waals surface area contributed by atoms with Gasteiger partial charge in [-0.1, -0.05) is 19.1 Å². The fourth-order valence-corrected chi connectivity index (χ4v) is 1.74. The first-order valence-electron chi connectivity index (χ1n) is 5.72. The molecule has 1 N–H and O–H groups in total. The zero-order valence-corrected chi connectivity index (χ0v) is 9.88. The third-order valence-corrected chi connectivity index (χ3v) is 2.62. The summed E-state index contributed by atoms with van der Waals surface area (Å²) in [4.78, 5) is 7.17. The number of halogens is 3. The SMILES string of the molecule is CCCc1ncc(-c2cccc(C(F)(F)F)c2)[nH]1. The van der Waals surface area contributed by atoms with E-state index in [1.807, 2.05) is 6.92 Å². The maximum absolute atomic E-state index is 12.6. The minimum atomic E-state index is -4.32. The van der Waals surface area contributed by atoms with Gasteiger partial charge < -0.3 is 4.98 Å². The Morgan fingerprint density at radius 1 is 1.28 bits per heavy atom. The Morgan fingerprint density at radius 2 is 2.06 bits per heavy atom. The van der Waals surface area contributed by atoms with E-state index in [-0.39, 0.29) is 0 Å². The highest BCUT2D eigenvalue weighted by molar-refractivity contribution is 5.59. The van der Waals surface area contributed by atoms with Gasteiger partial charge in [0.2, 0.25) is 0 Å². The molecule has 0 spiro atoms. The lowest BCUT2D eigenvalue weighted by molar-refractivity contribution is -0.137. The van der Waals surface area contributed by atoms with Crippen molar-refractivity contribution in [1.29, 1.82) is 0 Å². The van der Waals surface area contributed by atoms with Gasteiger partial charge in [-0.15, -0.1) is 0 Å². The maximum atomic E-state index is 12.6. The summed E-state index contributed by atoms with van der Waals surface area (Å²) in [5.41, 5.74) is 0.468. The third kappa shape index (κ3) is 2.72. The van der Waals surface area contributed by atoms with Crippen molar-refractivity contribution in [3.63, 3.8) is 0 Å². The molecule has 18 heavy (non-hydrogen) atoms. The molecule has 1 aromatic heterocycles. The molecule has 2 rings (SSSR count). The molecule has 0 aliphatic rings. The lowest BCUT2D eigenvalue weighted by atomic mass is 10.1. The number of aryl methyl sites for hydroxylation is 1. The Kier molecular flexibility index (Phi) is 3.41. The van der Waals surface area contributed by atoms with Crippen LogP contribution >= 0.6 is 0 Å². The number of hydrogen-bond donors (Lipinski definition) is 1. The van der Waals surface area contributed by atoms with Gasteiger partial charge in [0.15, 0.2) is 0 Å². The van der Waals surface area contributed by atoms with E-state index >= 15 is 0 Å². The molecule has 2 nitrogen and oxygen atoms in total. The maximum Gasteiger partial charge on any atom is 0.416 e. The number of nitrogens with zero attached hydrogens (tertiary/aromatic N) is 1. The van der Waals surface area contributed by atoms with Crippen LogP contribution in [0.5, 0.6) is 0 Å². The summed E-state index contributed by atoms with van der Waals surface area (Å²) in [6.07, 6.45) is -1.02. The topological polar surface area (TPSA) is 28.7 Å². The first-order valence-corrected chi connectivity index (χ1v) is 5.72. The van der Waals surface area contributed by atoms with Crippen LogP contribution in [0.1, 0.15) is 24.7 Å². The number of imidazole rings is 1. The molecular weight excluding hydrogens is 241 g/mol. The summed E-state index contributed by atoms with van der Waals surface area (Å²) in [7, 11) is 0. The quantitative estimate of drug-likeness (QED) is 0.879. The minimum Gasteiger partial charge on any atom is -0.342 e. The molecule has 0 amide bonds. The smallest absolute Gasteiger partial charge is 0.342 e. The van der Waals surface area contributed by atoms with E-state index in [9.17, 15) is 13.2 Å². The number of nitrogens with one attached hydrogen (secondary N) is 1. The zero-order chi connectivity index (χ0) is 13.2. The lowest BCUT2D eigenvalue weighted by Gasteiger charge is -2.07. The van der Waals surface area contributed by atoms with E-state index in [1.54, 1.807) is 12.3 Å². The van der Waals surface area contributed by atoms with Crippen molar-refractivity contribution in [2.75, 3.05) is 0 Å². The second-order valence-corrected chi connectivity index (χ2v) is 4.07. The standard InChI is InChI=1S/C13H13F3N2/c1-2-4-12-17-8-11(18-12)9-5-3-6-10(7-9)13(14,15)16/h3,5-8H,2,4H2,1H3,(H,17,18). The van der Waals surface area contributed by atoms with Gasteiger partial charge in [-0.3, -0.25) is 0 Å². The molecule has 0 atom stereocenters. The minimum absolute atomic E-state index is 0.500. The summed E-state index contributed by atoms with van der Waals surface area (Å²) >= 11 is 0. The van der Waals surface area contributed by atoms with E-state index in [1.165, 1.54) is 6.07 Å². The van der Waals surface area contributed by atoms with Crippen LogP contribution in [0, 0.1) is 0 Å². The number of rotatable bonds is 3. The average molecular weight is 254 g/mol. The van der Waals surface area contributed by atoms with Crippen LogP contribution in [-0.4, -0.2) is 9.97 Å². The first-order chi connectivity index (χ1) is 8.50. The molecule has 1 heterocycles. The Morgan fingerprint density at radius 3 is 2.72 bits per heavy atom. The van der Waals surface area contributed by atoms with E-state index in [2.05, 4.69) is 9.97 Å². The van der Waals surface area contributed by atoms with Crippen LogP contribution in [0.4, 0.5) is 13.2 Å². The van der Waals surface area contributed by atoms with Crippen LogP contribution in [0.25, 0.3) is 11.3 Å². The lowest BCUT2D eigenvalue weighted by Crippen LogP contribution is -2.04. The van der Waals surface area contributed by atoms with Crippen molar-refractivity contribution >= 4 is 0 Å². The summed E-state index contributed by atoms with van der Waals surface area (Å²) in [6.45, 7) is 2.02. The highest BCUT2D eigenvalue weighted by Crippen LogP contribution is 2.31. The first kappa shape index (κ1) is 12.7. The largest absolute Gasteiger partial charge is 0.416 e. The number of alkyl halides is 3. The molecule has 0 aliphatic heterocycles. The summed E-state index contributed by atoms with van der Waals surface area (Å²) in [5.74, 6) is 0.796. The van der Waals surface area contributed by atoms with Crippen molar-refractivity contribution in [3.05, 3.63) is 41.9 Å². The van der Waals surface area contributed by atoms with Gasteiger partial charge in [0.1, 0.15) is 5.82 Å². The molecule has 0 saturated heterocycles. The molecule has 0 bridgehead atoms. The van der Waals surface area contributed by atoms with Crippen molar-refractivity contribution in [2.24, 2.45) is 0 Å². The number of benzene rings is 1. The van der Waals surface area contributed by atoms with E-state index < -0.39 is 11.7 Å². The van der Waals surface area contributed by atoms with E-state index in [4.69, 9.17) is 0 Å². The van der Waals surface area contributed by atoms with Gasteiger partial charge in [-0.25, -0.2) is 4.98 Å². The molecule has 1 aromatic carbocycles. The average Bonchev–Trinajstić information content (AvgIpc) is 2.77. The highest BCUT2D eigenvalue weighted by atomic mass is 19.4. The van der Waals surface area contributed by atoms with Gasteiger partial charge in [0.25, 0.3) is 0 Å². The van der Waals surface area contributed by atoms with Gasteiger partial charge in [-0.05, 0) is 18.6 Å². The van der Waals surface area contributed by atoms with Crippen LogP contribution in [0.2, 0.25) is 0 Å². The van der Waals surface area contributed by atoms with E-state index in [0.29, 0.717) is 11.3 Å². The second kappa shape index (κ2) is 4.84. The molecule has 0 unspecified atom stereocenters. The molecule has 5 heteroatoms. The number of aromatic amines is 1. The normalized spacial score (nSPS) is 11.8. The Labute approximate surface area is 103 Å². The molecule has 0 fully saturated rings. The molecular formula is C13H13F3N2. The van der Waals surface area contributed by atoms with Crippen molar-refractivity contribution in [1.82, 2.24) is 9.97 Å². The van der Waals surface area contributed by atoms with Gasteiger partial charge in [0.05, 0.1) is 17.5 Å². The zero-order valence-electron chi connectivity index (χ0n) is 9.88. The summed E-state index contributed by atoms with van der Waals surface area (Å²) < 4.78 is 37.8. The van der Waals surface area contributed by atoms with Crippen LogP contribution in [-0.2, 0) is 12.6 Å². The van der Waals surface area contributed by atoms with Crippen molar-refractivity contribution in [2.45, 2.75) is 25.9 Å². The molecule has 0 radical (unpaired) electrons. The van der Waals surface area contributed by atoms with E-state index in [0.717, 1.165) is 30.8 Å². The third-order valence-electron chi connectivity index (χ3n) is 2.62. The molecule has 2 aromatic rings. The summed E-state index contributed by atoms with van der Waals surface area (Å²) in [5, 5.41) is 0. The second-order valence-electron chi connectivity index (χ2n) is 4.07. The number of hydrogen-bond acceptors (Lipinski definition) is 1. The Bertz CT molecular complexity index is 529. The molecule has 0 saturated carbocycles.